The average Bonchev–Trinajstić information content (AvgIpc) is 3.24. The van der Waals surface area contributed by atoms with Gasteiger partial charge in [0.25, 0.3) is 0 Å². The molecule has 2 saturated carbocycles. The van der Waals surface area contributed by atoms with Gasteiger partial charge < -0.3 is 9.47 Å². The first-order chi connectivity index (χ1) is 16.0. The third-order valence-corrected chi connectivity index (χ3v) is 12.0. The highest BCUT2D eigenvalue weighted by Crippen LogP contribution is 2.68. The molecule has 0 bridgehead atoms. The van der Waals surface area contributed by atoms with Crippen LogP contribution in [0.15, 0.2) is 68.3 Å². The summed E-state index contributed by atoms with van der Waals surface area (Å²) in [5, 5.41) is -0.991. The average molecular weight is 523 g/mol. The van der Waals surface area contributed by atoms with Gasteiger partial charge >= 0.3 is 0 Å². The van der Waals surface area contributed by atoms with E-state index in [4.69, 9.17) is 21.1 Å². The minimum atomic E-state index is -4.06. The van der Waals surface area contributed by atoms with Crippen LogP contribution in [0.5, 0.6) is 0 Å². The van der Waals surface area contributed by atoms with Gasteiger partial charge in [-0.3, -0.25) is 0 Å². The van der Waals surface area contributed by atoms with Gasteiger partial charge in [-0.05, 0) is 56.5 Å². The molecule has 1 atom stereocenters. The molecular formula is C25H27ClO6S2. The Labute approximate surface area is 205 Å². The van der Waals surface area contributed by atoms with Crippen molar-refractivity contribution >= 4 is 31.3 Å². The zero-order valence-electron chi connectivity index (χ0n) is 19.1. The van der Waals surface area contributed by atoms with Crippen molar-refractivity contribution in [2.45, 2.75) is 60.4 Å². The lowest BCUT2D eigenvalue weighted by molar-refractivity contribution is -0.183. The van der Waals surface area contributed by atoms with Crippen molar-refractivity contribution in [1.82, 2.24) is 0 Å². The lowest BCUT2D eigenvalue weighted by atomic mass is 9.82. The molecule has 0 amide bonds. The number of hydrogen-bond donors (Lipinski definition) is 0. The quantitative estimate of drug-likeness (QED) is 0.579. The van der Waals surface area contributed by atoms with E-state index >= 15 is 0 Å². The Morgan fingerprint density at radius 2 is 1.26 bits per heavy atom. The molecule has 1 unspecified atom stereocenters. The predicted molar refractivity (Wildman–Crippen MR) is 129 cm³/mol. The number of aryl methyl sites for hydroxylation is 2. The Morgan fingerprint density at radius 1 is 0.794 bits per heavy atom. The minimum Gasteiger partial charge on any atom is -0.348 e. The first kappa shape index (κ1) is 24.0. The topological polar surface area (TPSA) is 86.7 Å². The van der Waals surface area contributed by atoms with Gasteiger partial charge in [-0.25, -0.2) is 16.8 Å². The van der Waals surface area contributed by atoms with Gasteiger partial charge in [-0.1, -0.05) is 47.0 Å². The van der Waals surface area contributed by atoms with Crippen LogP contribution in [0.4, 0.5) is 0 Å². The maximum atomic E-state index is 13.8. The van der Waals surface area contributed by atoms with E-state index in [1.165, 1.54) is 12.1 Å². The molecule has 2 aromatic rings. The monoisotopic (exact) mass is 522 g/mol. The Bertz CT molecular complexity index is 1340. The van der Waals surface area contributed by atoms with E-state index in [1.54, 1.807) is 36.4 Å². The Morgan fingerprint density at radius 3 is 1.76 bits per heavy atom. The Hall–Kier alpha value is -1.71. The van der Waals surface area contributed by atoms with Gasteiger partial charge in [-0.2, -0.15) is 0 Å². The van der Waals surface area contributed by atoms with Gasteiger partial charge in [0.2, 0.25) is 9.84 Å². The van der Waals surface area contributed by atoms with Crippen molar-refractivity contribution in [1.29, 1.82) is 0 Å². The molecule has 1 aliphatic heterocycles. The maximum Gasteiger partial charge on any atom is 0.217 e. The fraction of sp³-hybridized carbons (Fsp3) is 0.440. The van der Waals surface area contributed by atoms with Crippen LogP contribution < -0.4 is 0 Å². The fourth-order valence-electron chi connectivity index (χ4n) is 5.36. The van der Waals surface area contributed by atoms with Crippen molar-refractivity contribution < 1.29 is 26.3 Å². The normalized spacial score (nSPS) is 25.0. The number of ether oxygens (including phenoxy) is 2. The Kier molecular flexibility index (Phi) is 5.77. The zero-order chi connectivity index (χ0) is 24.4. The van der Waals surface area contributed by atoms with Crippen molar-refractivity contribution in [3.63, 3.8) is 0 Å². The van der Waals surface area contributed by atoms with Gasteiger partial charge in [0.05, 0.1) is 28.3 Å². The second-order valence-electron chi connectivity index (χ2n) is 9.51. The van der Waals surface area contributed by atoms with Crippen molar-refractivity contribution in [3.8, 4) is 0 Å². The lowest BCUT2D eigenvalue weighted by Gasteiger charge is -2.35. The summed E-state index contributed by atoms with van der Waals surface area (Å²) in [6.07, 6.45) is 1.84. The second-order valence-corrected chi connectivity index (χ2v) is 14.0. The van der Waals surface area contributed by atoms with Crippen molar-refractivity contribution in [2.24, 2.45) is 5.41 Å². The molecule has 0 N–H and O–H groups in total. The highest BCUT2D eigenvalue weighted by molar-refractivity contribution is 7.97. The van der Waals surface area contributed by atoms with Crippen LogP contribution in [0.25, 0.3) is 0 Å². The number of rotatable bonds is 4. The summed E-state index contributed by atoms with van der Waals surface area (Å²) in [5.41, 5.74) is 1.30. The molecule has 6 nitrogen and oxygen atoms in total. The van der Waals surface area contributed by atoms with Gasteiger partial charge in [0.1, 0.15) is 4.36 Å². The van der Waals surface area contributed by atoms with Gasteiger partial charge in [0.15, 0.2) is 15.6 Å². The van der Waals surface area contributed by atoms with E-state index in [9.17, 15) is 16.8 Å². The molecule has 2 aliphatic carbocycles. The first-order valence-electron chi connectivity index (χ1n) is 11.3. The maximum absolute atomic E-state index is 13.8. The second kappa shape index (κ2) is 8.17. The highest BCUT2D eigenvalue weighted by Gasteiger charge is 2.70. The predicted octanol–water partition coefficient (Wildman–Crippen LogP) is 4.69. The van der Waals surface area contributed by atoms with Crippen LogP contribution in [0.3, 0.4) is 0 Å². The van der Waals surface area contributed by atoms with Crippen LogP contribution >= 0.6 is 11.6 Å². The number of benzene rings is 2. The van der Waals surface area contributed by atoms with E-state index in [0.717, 1.165) is 11.1 Å². The molecule has 182 valence electrons. The molecule has 3 aliphatic rings. The van der Waals surface area contributed by atoms with Crippen LogP contribution in [0.2, 0.25) is 0 Å². The SMILES string of the molecule is Cc1ccc(S(=O)(=O)/C(Cl)=C2/C(S(=O)(=O)c3ccc(C)cc3)C23CCC2(CC3)OCCO2)cc1. The van der Waals surface area contributed by atoms with E-state index in [2.05, 4.69) is 0 Å². The Balaban J connectivity index is 1.60. The summed E-state index contributed by atoms with van der Waals surface area (Å²) in [7, 11) is -7.92. The molecule has 34 heavy (non-hydrogen) atoms. The van der Waals surface area contributed by atoms with Crippen LogP contribution in [0.1, 0.15) is 36.8 Å². The summed E-state index contributed by atoms with van der Waals surface area (Å²) in [6, 6.07) is 13.0. The summed E-state index contributed by atoms with van der Waals surface area (Å²) < 4.78 is 65.6. The van der Waals surface area contributed by atoms with E-state index in [-0.39, 0.29) is 14.2 Å². The van der Waals surface area contributed by atoms with Crippen LogP contribution in [-0.2, 0) is 29.1 Å². The summed E-state index contributed by atoms with van der Waals surface area (Å²) in [6.45, 7) is 4.75. The molecule has 9 heteroatoms. The molecule has 3 fully saturated rings. The fourth-order valence-corrected chi connectivity index (χ4v) is 9.72. The summed E-state index contributed by atoms with van der Waals surface area (Å²) >= 11 is 6.60. The van der Waals surface area contributed by atoms with Gasteiger partial charge in [-0.15, -0.1) is 0 Å². The molecule has 1 saturated heterocycles. The first-order valence-corrected chi connectivity index (χ1v) is 14.7. The molecule has 0 radical (unpaired) electrons. The summed E-state index contributed by atoms with van der Waals surface area (Å²) in [5.74, 6) is -0.709. The molecule has 5 rings (SSSR count). The van der Waals surface area contributed by atoms with Crippen LogP contribution in [0, 0.1) is 19.3 Å². The minimum absolute atomic E-state index is 0.0545. The third kappa shape index (κ3) is 3.75. The standard InChI is InChI=1S/C25H27ClO6S2/c1-17-3-7-19(8-4-17)33(27,28)22-21(23(26)34(29,30)20-9-5-18(2)6-10-20)24(22)11-13-25(14-12-24)31-15-16-32-25/h3-10,22H,11-16H2,1-2H3/b23-21-. The van der Waals surface area contributed by atoms with Crippen LogP contribution in [-0.4, -0.2) is 41.1 Å². The number of halogens is 1. The van der Waals surface area contributed by atoms with Crippen molar-refractivity contribution in [2.75, 3.05) is 13.2 Å². The van der Waals surface area contributed by atoms with Gasteiger partial charge in [0, 0.05) is 18.3 Å². The molecule has 0 aromatic heterocycles. The highest BCUT2D eigenvalue weighted by atomic mass is 35.5. The molecular weight excluding hydrogens is 496 g/mol. The number of hydrogen-bond acceptors (Lipinski definition) is 6. The smallest absolute Gasteiger partial charge is 0.217 e. The number of sulfone groups is 2. The van der Waals surface area contributed by atoms with E-state index in [0.29, 0.717) is 44.5 Å². The molecule has 2 aromatic carbocycles. The zero-order valence-corrected chi connectivity index (χ0v) is 21.5. The van der Waals surface area contributed by atoms with Crippen molar-refractivity contribution in [3.05, 3.63) is 69.6 Å². The largest absolute Gasteiger partial charge is 0.348 e. The molecule has 2 spiro atoms. The summed E-state index contributed by atoms with van der Waals surface area (Å²) in [4.78, 5) is 0.224. The lowest BCUT2D eigenvalue weighted by Crippen LogP contribution is -2.37. The molecule has 1 heterocycles. The van der Waals surface area contributed by atoms with E-state index in [1.807, 2.05) is 13.8 Å². The van der Waals surface area contributed by atoms with E-state index < -0.39 is 36.1 Å². The third-order valence-electron chi connectivity index (χ3n) is 7.37.